The number of fused-ring (bicyclic) bond motifs is 4. The zero-order valence-corrected chi connectivity index (χ0v) is 13.1. The van der Waals surface area contributed by atoms with Crippen LogP contribution in [-0.4, -0.2) is 14.2 Å². The SMILES string of the molecule is COc1c(Br)ccc2c1-c1c-2ccc(Br)c1OC. The Morgan fingerprint density at radius 3 is 1.44 bits per heavy atom. The number of benzene rings is 2. The van der Waals surface area contributed by atoms with E-state index >= 15 is 0 Å². The van der Waals surface area contributed by atoms with Gasteiger partial charge >= 0.3 is 0 Å². The summed E-state index contributed by atoms with van der Waals surface area (Å²) in [6.45, 7) is 0. The maximum Gasteiger partial charge on any atom is 0.141 e. The molecule has 1 aliphatic rings. The first-order valence-electron chi connectivity index (χ1n) is 5.42. The van der Waals surface area contributed by atoms with Crippen LogP contribution >= 0.6 is 31.9 Å². The second-order valence-corrected chi connectivity index (χ2v) is 5.72. The molecule has 18 heavy (non-hydrogen) atoms. The minimum Gasteiger partial charge on any atom is -0.495 e. The topological polar surface area (TPSA) is 18.5 Å². The van der Waals surface area contributed by atoms with Gasteiger partial charge < -0.3 is 9.47 Å². The lowest BCUT2D eigenvalue weighted by atomic mass is 9.79. The van der Waals surface area contributed by atoms with Gasteiger partial charge in [0, 0.05) is 11.1 Å². The molecule has 2 nitrogen and oxygen atoms in total. The van der Waals surface area contributed by atoms with Crippen molar-refractivity contribution in [2.75, 3.05) is 14.2 Å². The molecule has 0 heterocycles. The number of methoxy groups -OCH3 is 2. The van der Waals surface area contributed by atoms with Gasteiger partial charge in [0.25, 0.3) is 0 Å². The molecule has 0 fully saturated rings. The smallest absolute Gasteiger partial charge is 0.141 e. The molecule has 0 spiro atoms. The van der Waals surface area contributed by atoms with E-state index in [0.717, 1.165) is 31.6 Å². The van der Waals surface area contributed by atoms with E-state index in [9.17, 15) is 0 Å². The van der Waals surface area contributed by atoms with Crippen LogP contribution in [0.4, 0.5) is 0 Å². The van der Waals surface area contributed by atoms with E-state index in [4.69, 9.17) is 9.47 Å². The molecule has 1 aliphatic carbocycles. The average molecular weight is 370 g/mol. The molecule has 0 unspecified atom stereocenters. The Hall–Kier alpha value is -1.00. The fourth-order valence-electron chi connectivity index (χ4n) is 2.40. The first kappa shape index (κ1) is 12.1. The van der Waals surface area contributed by atoms with Crippen molar-refractivity contribution in [2.24, 2.45) is 0 Å². The van der Waals surface area contributed by atoms with Crippen molar-refractivity contribution in [1.82, 2.24) is 0 Å². The van der Waals surface area contributed by atoms with Crippen LogP contribution in [0.5, 0.6) is 11.5 Å². The van der Waals surface area contributed by atoms with E-state index in [0.29, 0.717) is 0 Å². The summed E-state index contributed by atoms with van der Waals surface area (Å²) in [5.41, 5.74) is 4.63. The highest BCUT2D eigenvalue weighted by Crippen LogP contribution is 2.58. The largest absolute Gasteiger partial charge is 0.495 e. The van der Waals surface area contributed by atoms with E-state index in [-0.39, 0.29) is 0 Å². The average Bonchev–Trinajstić information content (AvgIpc) is 2.36. The fourth-order valence-corrected chi connectivity index (χ4v) is 3.38. The minimum atomic E-state index is 0.858. The second kappa shape index (κ2) is 4.28. The summed E-state index contributed by atoms with van der Waals surface area (Å²) in [4.78, 5) is 0. The summed E-state index contributed by atoms with van der Waals surface area (Å²) in [5.74, 6) is 1.72. The van der Waals surface area contributed by atoms with Crippen molar-refractivity contribution in [3.63, 3.8) is 0 Å². The highest BCUT2D eigenvalue weighted by molar-refractivity contribution is 9.11. The maximum atomic E-state index is 5.49. The van der Waals surface area contributed by atoms with Crippen LogP contribution in [0.1, 0.15) is 0 Å². The molecule has 0 N–H and O–H groups in total. The van der Waals surface area contributed by atoms with Crippen molar-refractivity contribution in [2.45, 2.75) is 0 Å². The van der Waals surface area contributed by atoms with Gasteiger partial charge in [-0.25, -0.2) is 0 Å². The van der Waals surface area contributed by atoms with Crippen LogP contribution < -0.4 is 9.47 Å². The monoisotopic (exact) mass is 368 g/mol. The number of hydrogen-bond acceptors (Lipinski definition) is 2. The Kier molecular flexibility index (Phi) is 2.87. The highest BCUT2D eigenvalue weighted by atomic mass is 79.9. The summed E-state index contributed by atoms with van der Waals surface area (Å²) in [6, 6.07) is 8.21. The molecule has 0 amide bonds. The predicted octanol–water partition coefficient (Wildman–Crippen LogP) is 4.88. The minimum absolute atomic E-state index is 0.858. The first-order chi connectivity index (χ1) is 8.69. The zero-order valence-electron chi connectivity index (χ0n) is 9.88. The molecule has 2 aromatic carbocycles. The van der Waals surface area contributed by atoms with Gasteiger partial charge in [-0.2, -0.15) is 0 Å². The molecule has 3 rings (SSSR count). The third kappa shape index (κ3) is 1.45. The predicted molar refractivity (Wildman–Crippen MR) is 79.4 cm³/mol. The van der Waals surface area contributed by atoms with Crippen LogP contribution in [0.25, 0.3) is 22.3 Å². The van der Waals surface area contributed by atoms with E-state index in [2.05, 4.69) is 44.0 Å². The molecular formula is C14H10Br2O2. The second-order valence-electron chi connectivity index (χ2n) is 4.01. The molecule has 0 aromatic heterocycles. The van der Waals surface area contributed by atoms with Crippen LogP contribution in [0.15, 0.2) is 33.2 Å². The molecule has 0 saturated heterocycles. The van der Waals surface area contributed by atoms with E-state index in [1.807, 2.05) is 12.1 Å². The Labute approximate surface area is 122 Å². The van der Waals surface area contributed by atoms with Gasteiger partial charge in [-0.05, 0) is 55.1 Å². The number of rotatable bonds is 2. The fraction of sp³-hybridized carbons (Fsp3) is 0.143. The summed E-state index contributed by atoms with van der Waals surface area (Å²) < 4.78 is 12.9. The normalized spacial score (nSPS) is 11.3. The van der Waals surface area contributed by atoms with E-state index in [1.165, 1.54) is 11.1 Å². The Bertz CT molecular complexity index is 593. The van der Waals surface area contributed by atoms with Crippen LogP contribution in [0.2, 0.25) is 0 Å². The van der Waals surface area contributed by atoms with E-state index < -0.39 is 0 Å². The van der Waals surface area contributed by atoms with Crippen LogP contribution in [-0.2, 0) is 0 Å². The molecule has 0 aliphatic heterocycles. The van der Waals surface area contributed by atoms with Crippen molar-refractivity contribution in [1.29, 1.82) is 0 Å². The van der Waals surface area contributed by atoms with Gasteiger partial charge in [0.2, 0.25) is 0 Å². The lowest BCUT2D eigenvalue weighted by Gasteiger charge is -2.29. The summed E-state index contributed by atoms with van der Waals surface area (Å²) >= 11 is 7.03. The van der Waals surface area contributed by atoms with Crippen LogP contribution in [0.3, 0.4) is 0 Å². The molecule has 4 heteroatoms. The van der Waals surface area contributed by atoms with Gasteiger partial charge in [-0.15, -0.1) is 0 Å². The molecule has 0 saturated carbocycles. The van der Waals surface area contributed by atoms with Gasteiger partial charge in [-0.3, -0.25) is 0 Å². The van der Waals surface area contributed by atoms with Gasteiger partial charge in [0.1, 0.15) is 11.5 Å². The molecule has 0 bridgehead atoms. The lowest BCUT2D eigenvalue weighted by molar-refractivity contribution is 0.407. The van der Waals surface area contributed by atoms with Gasteiger partial charge in [-0.1, -0.05) is 12.1 Å². The molecule has 0 atom stereocenters. The quantitative estimate of drug-likeness (QED) is 0.641. The third-order valence-electron chi connectivity index (χ3n) is 3.17. The van der Waals surface area contributed by atoms with Gasteiger partial charge in [0.05, 0.1) is 23.2 Å². The zero-order chi connectivity index (χ0) is 12.9. The molecular weight excluding hydrogens is 360 g/mol. The number of hydrogen-bond donors (Lipinski definition) is 0. The Balaban J connectivity index is 2.32. The summed E-state index contributed by atoms with van der Waals surface area (Å²) in [6.07, 6.45) is 0. The Morgan fingerprint density at radius 1 is 0.722 bits per heavy atom. The number of halogens is 2. The first-order valence-corrected chi connectivity index (χ1v) is 7.01. The standard InChI is InChI=1S/C14H10Br2O2/c1-17-13-9(15)5-3-7-8-4-6-10(16)14(18-2)12(8)11(7)13/h3-6H,1-2H3. The maximum absolute atomic E-state index is 5.49. The van der Waals surface area contributed by atoms with Crippen molar-refractivity contribution in [3.8, 4) is 33.8 Å². The van der Waals surface area contributed by atoms with Crippen molar-refractivity contribution >= 4 is 31.9 Å². The van der Waals surface area contributed by atoms with Crippen molar-refractivity contribution in [3.05, 3.63) is 33.2 Å². The summed E-state index contributed by atoms with van der Waals surface area (Å²) in [7, 11) is 3.37. The lowest BCUT2D eigenvalue weighted by Crippen LogP contribution is -2.05. The van der Waals surface area contributed by atoms with Crippen LogP contribution in [0, 0.1) is 0 Å². The molecule has 92 valence electrons. The Morgan fingerprint density at radius 2 is 1.11 bits per heavy atom. The van der Waals surface area contributed by atoms with Gasteiger partial charge in [0.15, 0.2) is 0 Å². The molecule has 0 radical (unpaired) electrons. The third-order valence-corrected chi connectivity index (χ3v) is 4.42. The van der Waals surface area contributed by atoms with Crippen molar-refractivity contribution < 1.29 is 9.47 Å². The molecule has 2 aromatic rings. The summed E-state index contributed by atoms with van der Waals surface area (Å²) in [5, 5.41) is 0. The highest BCUT2D eigenvalue weighted by Gasteiger charge is 2.31. The number of ether oxygens (including phenoxy) is 2. The van der Waals surface area contributed by atoms with E-state index in [1.54, 1.807) is 14.2 Å².